The van der Waals surface area contributed by atoms with Crippen molar-refractivity contribution in [1.29, 1.82) is 0 Å². The molecule has 2 atom stereocenters. The Kier molecular flexibility index (Phi) is 75.3. The molecule has 0 aliphatic heterocycles. The largest absolute Gasteiger partial charge is 0.466 e. The molecule has 3 N–H and O–H groups in total. The van der Waals surface area contributed by atoms with Crippen molar-refractivity contribution in [3.8, 4) is 0 Å². The first kappa shape index (κ1) is 85.3. The van der Waals surface area contributed by atoms with Crippen LogP contribution in [0.3, 0.4) is 0 Å². The summed E-state index contributed by atoms with van der Waals surface area (Å²) in [5, 5.41) is 23.2. The Morgan fingerprint density at radius 3 is 0.816 bits per heavy atom. The lowest BCUT2D eigenvalue weighted by Crippen LogP contribution is -2.45. The number of allylic oxidation sites excluding steroid dienone is 3. The Bertz CT molecular complexity index is 1360. The van der Waals surface area contributed by atoms with Crippen LogP contribution in [0.4, 0.5) is 0 Å². The van der Waals surface area contributed by atoms with Crippen molar-refractivity contribution < 1.29 is 24.5 Å². The zero-order valence-corrected chi connectivity index (χ0v) is 59.3. The summed E-state index contributed by atoms with van der Waals surface area (Å²) in [5.41, 5.74) is 0. The van der Waals surface area contributed by atoms with Gasteiger partial charge in [-0.15, -0.1) is 0 Å². The van der Waals surface area contributed by atoms with Gasteiger partial charge in [-0.2, -0.15) is 0 Å². The quantitative estimate of drug-likeness (QED) is 0.0320. The van der Waals surface area contributed by atoms with Crippen molar-refractivity contribution in [3.05, 3.63) is 24.3 Å². The van der Waals surface area contributed by atoms with Gasteiger partial charge in [0.2, 0.25) is 5.91 Å². The van der Waals surface area contributed by atoms with Crippen LogP contribution in [-0.4, -0.2) is 47.4 Å². The molecule has 6 nitrogen and oxygen atoms in total. The zero-order chi connectivity index (χ0) is 62.8. The number of hydrogen-bond donors (Lipinski definition) is 3. The van der Waals surface area contributed by atoms with Crippen molar-refractivity contribution >= 4 is 11.9 Å². The van der Waals surface area contributed by atoms with Crippen molar-refractivity contribution in [2.75, 3.05) is 13.2 Å². The second-order valence-corrected chi connectivity index (χ2v) is 27.8. The zero-order valence-electron chi connectivity index (χ0n) is 59.3. The van der Waals surface area contributed by atoms with Crippen molar-refractivity contribution in [2.24, 2.45) is 0 Å². The van der Waals surface area contributed by atoms with Crippen LogP contribution in [0.5, 0.6) is 0 Å². The van der Waals surface area contributed by atoms with Gasteiger partial charge in [0.25, 0.3) is 0 Å². The van der Waals surface area contributed by atoms with Crippen molar-refractivity contribution in [2.45, 2.75) is 469 Å². The number of amides is 1. The van der Waals surface area contributed by atoms with E-state index in [9.17, 15) is 19.8 Å². The minimum absolute atomic E-state index is 0.0200. The number of ether oxygens (including phenoxy) is 1. The van der Waals surface area contributed by atoms with Gasteiger partial charge >= 0.3 is 5.97 Å². The maximum Gasteiger partial charge on any atom is 0.305 e. The van der Waals surface area contributed by atoms with E-state index >= 15 is 0 Å². The molecule has 0 heterocycles. The number of unbranched alkanes of at least 4 members (excludes halogenated alkanes) is 63. The fraction of sp³-hybridized carbons (Fsp3) is 0.926. The summed E-state index contributed by atoms with van der Waals surface area (Å²) < 4.78 is 5.51. The van der Waals surface area contributed by atoms with E-state index in [1.54, 1.807) is 6.08 Å². The third-order valence-corrected chi connectivity index (χ3v) is 19.0. The summed E-state index contributed by atoms with van der Waals surface area (Å²) in [6.45, 7) is 4.95. The number of rotatable bonds is 76. The fourth-order valence-corrected chi connectivity index (χ4v) is 12.9. The molecule has 0 aliphatic carbocycles. The molecule has 0 aromatic carbocycles. The molecule has 0 spiro atoms. The second-order valence-electron chi connectivity index (χ2n) is 27.8. The summed E-state index contributed by atoms with van der Waals surface area (Å²) in [7, 11) is 0. The Hall–Kier alpha value is -1.66. The smallest absolute Gasteiger partial charge is 0.305 e. The highest BCUT2D eigenvalue weighted by Crippen LogP contribution is 2.20. The second kappa shape index (κ2) is 76.8. The number of hydrogen-bond acceptors (Lipinski definition) is 5. The standard InChI is InChI=1S/C81H157NO5/c1-3-5-7-9-11-13-15-17-19-21-42-45-49-53-57-61-65-69-73-79(84)78(77-83)82-80(85)74-70-66-62-58-54-50-46-43-39-37-35-33-31-29-27-25-23-22-24-26-28-30-32-34-36-38-40-44-48-52-56-60-64-68-72-76-87-81(86)75-71-67-63-59-55-51-47-41-20-18-16-14-12-10-8-6-4-2/h18,20,69,73,78-79,83-84H,3-17,19,21-68,70-72,74-77H2,1-2H3,(H,82,85)/b20-18-,73-69+. The Morgan fingerprint density at radius 1 is 0.310 bits per heavy atom. The monoisotopic (exact) mass is 1220 g/mol. The van der Waals surface area contributed by atoms with Gasteiger partial charge in [0, 0.05) is 12.8 Å². The average molecular weight is 1230 g/mol. The van der Waals surface area contributed by atoms with Gasteiger partial charge in [0.1, 0.15) is 0 Å². The lowest BCUT2D eigenvalue weighted by atomic mass is 10.0. The molecule has 0 aromatic rings. The van der Waals surface area contributed by atoms with E-state index < -0.39 is 12.1 Å². The Balaban J connectivity index is 3.32. The predicted octanol–water partition coefficient (Wildman–Crippen LogP) is 26.4. The van der Waals surface area contributed by atoms with Gasteiger partial charge in [0.15, 0.2) is 0 Å². The lowest BCUT2D eigenvalue weighted by molar-refractivity contribution is -0.143. The number of aliphatic hydroxyl groups excluding tert-OH is 2. The molecule has 2 unspecified atom stereocenters. The minimum Gasteiger partial charge on any atom is -0.466 e. The number of carbonyl (C=O) groups excluding carboxylic acids is 2. The summed E-state index contributed by atoms with van der Waals surface area (Å²) in [5.74, 6) is -0.0385. The summed E-state index contributed by atoms with van der Waals surface area (Å²) in [6.07, 6.45) is 98.8. The summed E-state index contributed by atoms with van der Waals surface area (Å²) in [6, 6.07) is -0.624. The van der Waals surface area contributed by atoms with Crippen molar-refractivity contribution in [3.63, 3.8) is 0 Å². The molecule has 0 saturated carbocycles. The number of carbonyl (C=O) groups is 2. The van der Waals surface area contributed by atoms with E-state index in [0.717, 1.165) is 38.5 Å². The molecule has 0 radical (unpaired) electrons. The summed E-state index contributed by atoms with van der Waals surface area (Å²) in [4.78, 5) is 24.6. The maximum atomic E-state index is 12.5. The topological polar surface area (TPSA) is 95.9 Å². The lowest BCUT2D eigenvalue weighted by Gasteiger charge is -2.20. The first-order valence-electron chi connectivity index (χ1n) is 40.1. The maximum absolute atomic E-state index is 12.5. The molecular formula is C81H157NO5. The molecular weight excluding hydrogens is 1070 g/mol. The molecule has 1 amide bonds. The third kappa shape index (κ3) is 73.3. The third-order valence-electron chi connectivity index (χ3n) is 19.0. The number of aliphatic hydroxyl groups is 2. The Labute approximate surface area is 545 Å². The van der Waals surface area contributed by atoms with Gasteiger partial charge in [-0.25, -0.2) is 0 Å². The number of esters is 1. The minimum atomic E-state index is -0.841. The molecule has 6 heteroatoms. The van der Waals surface area contributed by atoms with Crippen LogP contribution in [0.1, 0.15) is 457 Å². The van der Waals surface area contributed by atoms with Crippen LogP contribution >= 0.6 is 0 Å². The Morgan fingerprint density at radius 2 is 0.540 bits per heavy atom. The van der Waals surface area contributed by atoms with Crippen LogP contribution in [-0.2, 0) is 14.3 Å². The van der Waals surface area contributed by atoms with Crippen LogP contribution < -0.4 is 5.32 Å². The van der Waals surface area contributed by atoms with Gasteiger partial charge in [-0.3, -0.25) is 9.59 Å². The number of nitrogens with one attached hydrogen (secondary N) is 1. The summed E-state index contributed by atoms with van der Waals surface area (Å²) >= 11 is 0. The van der Waals surface area contributed by atoms with Gasteiger partial charge in [0.05, 0.1) is 25.4 Å². The molecule has 87 heavy (non-hydrogen) atoms. The van der Waals surface area contributed by atoms with Crippen LogP contribution in [0, 0.1) is 0 Å². The van der Waals surface area contributed by atoms with Gasteiger partial charge < -0.3 is 20.3 Å². The molecule has 0 aromatic heterocycles. The van der Waals surface area contributed by atoms with Crippen LogP contribution in [0.25, 0.3) is 0 Å². The molecule has 0 saturated heterocycles. The van der Waals surface area contributed by atoms with E-state index in [1.165, 1.54) is 392 Å². The molecule has 516 valence electrons. The first-order chi connectivity index (χ1) is 43.0. The van der Waals surface area contributed by atoms with Crippen LogP contribution in [0.15, 0.2) is 24.3 Å². The average Bonchev–Trinajstić information content (AvgIpc) is 3.53. The SMILES string of the molecule is CCCCCCCC/C=C\CCCCCCCCCC(=O)OCCCCCCCCCCCCCCCCCCCCCCCCCCCCCCCCCCCCCC(=O)NC(CO)C(O)/C=C/CCCCCCCCCCCCCCCCCC. The molecule has 0 bridgehead atoms. The van der Waals surface area contributed by atoms with Crippen molar-refractivity contribution in [1.82, 2.24) is 5.32 Å². The molecule has 0 rings (SSSR count). The predicted molar refractivity (Wildman–Crippen MR) is 384 cm³/mol. The highest BCUT2D eigenvalue weighted by Gasteiger charge is 2.18. The normalized spacial score (nSPS) is 12.6. The highest BCUT2D eigenvalue weighted by molar-refractivity contribution is 5.76. The fourth-order valence-electron chi connectivity index (χ4n) is 12.9. The van der Waals surface area contributed by atoms with E-state index in [4.69, 9.17) is 4.74 Å². The van der Waals surface area contributed by atoms with E-state index in [1.807, 2.05) is 6.08 Å². The van der Waals surface area contributed by atoms with Crippen LogP contribution in [0.2, 0.25) is 0 Å². The van der Waals surface area contributed by atoms with E-state index in [2.05, 4.69) is 31.3 Å². The van der Waals surface area contributed by atoms with Gasteiger partial charge in [-0.1, -0.05) is 411 Å². The van der Waals surface area contributed by atoms with E-state index in [-0.39, 0.29) is 18.5 Å². The van der Waals surface area contributed by atoms with Gasteiger partial charge in [-0.05, 0) is 57.8 Å². The van der Waals surface area contributed by atoms with E-state index in [0.29, 0.717) is 19.4 Å². The first-order valence-corrected chi connectivity index (χ1v) is 40.1. The highest BCUT2D eigenvalue weighted by atomic mass is 16.5. The molecule has 0 aliphatic rings. The molecule has 0 fully saturated rings.